The van der Waals surface area contributed by atoms with Crippen molar-refractivity contribution in [2.24, 2.45) is 0 Å². The van der Waals surface area contributed by atoms with E-state index < -0.39 is 112 Å². The second-order valence-corrected chi connectivity index (χ2v) is 10.8. The van der Waals surface area contributed by atoms with Gasteiger partial charge in [-0.3, -0.25) is 57.9 Å². The van der Waals surface area contributed by atoms with Gasteiger partial charge in [-0.05, 0) is 38.9 Å². The lowest BCUT2D eigenvalue weighted by atomic mass is 10.2. The van der Waals surface area contributed by atoms with Crippen LogP contribution in [-0.2, 0) is 43.2 Å². The van der Waals surface area contributed by atoms with Crippen LogP contribution in [-0.4, -0.2) is 202 Å². The molecule has 0 fully saturated rings. The minimum absolute atomic E-state index is 0.156. The average Bonchev–Trinajstić information content (AvgIpc) is 2.92. The maximum absolute atomic E-state index is 12.2. The third-order valence-corrected chi connectivity index (χ3v) is 6.17. The summed E-state index contributed by atoms with van der Waals surface area (Å²) in [4.78, 5) is 107. The van der Waals surface area contributed by atoms with Crippen molar-refractivity contribution in [2.45, 2.75) is 19.3 Å². The molecule has 0 aliphatic carbocycles. The van der Waals surface area contributed by atoms with Crippen molar-refractivity contribution in [3.05, 3.63) is 0 Å². The van der Waals surface area contributed by atoms with Gasteiger partial charge in [0.15, 0.2) is 0 Å². The molecule has 9 N–H and O–H groups in total. The summed E-state index contributed by atoms with van der Waals surface area (Å²) in [7, 11) is 0. The van der Waals surface area contributed by atoms with E-state index in [1.54, 1.807) is 0 Å². The van der Waals surface area contributed by atoms with E-state index in [9.17, 15) is 43.2 Å². The number of nitrogens with one attached hydrogen (secondary N) is 3. The number of carboxylic acid groups (broad SMARTS) is 6. The van der Waals surface area contributed by atoms with Gasteiger partial charge >= 0.3 is 35.8 Å². The Morgan fingerprint density at radius 2 is 0.531 bits per heavy atom. The van der Waals surface area contributed by atoms with Crippen LogP contribution in [0.1, 0.15) is 19.3 Å². The third kappa shape index (κ3) is 26.8. The predicted octanol–water partition coefficient (Wildman–Crippen LogP) is -4.78. The molecular formula is C27H45N7O15. The van der Waals surface area contributed by atoms with Crippen molar-refractivity contribution in [3.63, 3.8) is 0 Å². The van der Waals surface area contributed by atoms with E-state index in [-0.39, 0.29) is 19.6 Å². The highest BCUT2D eigenvalue weighted by molar-refractivity contribution is 5.81. The molecule has 0 bridgehead atoms. The molecule has 0 radical (unpaired) electrons. The molecule has 22 heteroatoms. The van der Waals surface area contributed by atoms with E-state index in [0.717, 1.165) is 14.7 Å². The fourth-order valence-electron chi connectivity index (χ4n) is 4.35. The Morgan fingerprint density at radius 3 is 0.714 bits per heavy atom. The quantitative estimate of drug-likeness (QED) is 0.0316. The van der Waals surface area contributed by atoms with Crippen LogP contribution in [0.3, 0.4) is 0 Å². The minimum Gasteiger partial charge on any atom is -0.480 e. The Morgan fingerprint density at radius 1 is 0.327 bits per heavy atom. The van der Waals surface area contributed by atoms with Crippen LogP contribution in [0.25, 0.3) is 0 Å². The Kier molecular flexibility index (Phi) is 22.6. The van der Waals surface area contributed by atoms with Gasteiger partial charge in [0.1, 0.15) is 0 Å². The molecule has 0 saturated carbocycles. The van der Waals surface area contributed by atoms with Crippen molar-refractivity contribution in [2.75, 3.05) is 98.2 Å². The standard InChI is InChI=1S/C27H45N7O15/c35-19(10-32(13-22(38)39)14-23(40)41)28-4-1-7-31(8-2-5-29-20(36)11-33(15-24(42)43)16-25(44)45)9-3-6-30-21(37)12-34(17-26(46)47)18-27(48)49/h1-18H2,(H,28,35)(H,29,36)(H,30,37)(H,38,39)(H,40,41)(H,42,43)(H,44,45)(H,46,47)(H,48,49). The van der Waals surface area contributed by atoms with Crippen molar-refractivity contribution in [3.8, 4) is 0 Å². The number of nitrogens with zero attached hydrogens (tertiary/aromatic N) is 4. The van der Waals surface area contributed by atoms with Gasteiger partial charge in [-0.1, -0.05) is 0 Å². The Labute approximate surface area is 280 Å². The monoisotopic (exact) mass is 707 g/mol. The van der Waals surface area contributed by atoms with E-state index in [4.69, 9.17) is 30.6 Å². The van der Waals surface area contributed by atoms with Crippen LogP contribution < -0.4 is 16.0 Å². The van der Waals surface area contributed by atoms with Crippen LogP contribution in [0.2, 0.25) is 0 Å². The Hall–Kier alpha value is -4.93. The summed E-state index contributed by atoms with van der Waals surface area (Å²) in [6.07, 6.45) is 1.21. The lowest BCUT2D eigenvalue weighted by Crippen LogP contribution is -2.43. The first-order chi connectivity index (χ1) is 23.0. The summed E-state index contributed by atoms with van der Waals surface area (Å²) < 4.78 is 0. The molecule has 0 atom stereocenters. The molecule has 0 saturated heterocycles. The zero-order chi connectivity index (χ0) is 37.4. The second-order valence-electron chi connectivity index (χ2n) is 10.8. The Balaban J connectivity index is 5.02. The topological polar surface area (TPSA) is 324 Å². The number of aliphatic carboxylic acids is 6. The van der Waals surface area contributed by atoms with Crippen LogP contribution in [0.4, 0.5) is 0 Å². The van der Waals surface area contributed by atoms with Gasteiger partial charge in [0.25, 0.3) is 0 Å². The third-order valence-electron chi connectivity index (χ3n) is 6.17. The van der Waals surface area contributed by atoms with Crippen LogP contribution in [0.15, 0.2) is 0 Å². The number of carboxylic acids is 6. The molecule has 0 spiro atoms. The van der Waals surface area contributed by atoms with Crippen molar-refractivity contribution >= 4 is 53.5 Å². The number of carbonyl (C=O) groups excluding carboxylic acids is 3. The summed E-state index contributed by atoms with van der Waals surface area (Å²) in [6.45, 7) is -3.52. The van der Waals surface area contributed by atoms with Gasteiger partial charge in [-0.25, -0.2) is 0 Å². The second kappa shape index (κ2) is 25.1. The first-order valence-corrected chi connectivity index (χ1v) is 15.0. The summed E-state index contributed by atoms with van der Waals surface area (Å²) in [5.41, 5.74) is 0. The Bertz CT molecular complexity index is 968. The van der Waals surface area contributed by atoms with Crippen molar-refractivity contribution < 1.29 is 73.8 Å². The van der Waals surface area contributed by atoms with Gasteiger partial charge in [0.2, 0.25) is 17.7 Å². The molecule has 0 aromatic heterocycles. The molecule has 3 amide bonds. The van der Waals surface area contributed by atoms with E-state index >= 15 is 0 Å². The maximum atomic E-state index is 12.2. The lowest BCUT2D eigenvalue weighted by molar-refractivity contribution is -0.144. The first kappa shape index (κ1) is 44.1. The first-order valence-electron chi connectivity index (χ1n) is 15.0. The molecule has 0 aromatic rings. The molecule has 0 aliphatic rings. The van der Waals surface area contributed by atoms with E-state index in [0.29, 0.717) is 38.9 Å². The molecular weight excluding hydrogens is 662 g/mol. The number of amides is 3. The van der Waals surface area contributed by atoms with Crippen LogP contribution in [0.5, 0.6) is 0 Å². The van der Waals surface area contributed by atoms with E-state index in [1.807, 2.05) is 4.90 Å². The number of hydrogen-bond donors (Lipinski definition) is 9. The average molecular weight is 708 g/mol. The highest BCUT2D eigenvalue weighted by Crippen LogP contribution is 1.98. The van der Waals surface area contributed by atoms with Crippen molar-refractivity contribution in [1.29, 1.82) is 0 Å². The number of hydrogen-bond acceptors (Lipinski definition) is 13. The maximum Gasteiger partial charge on any atom is 0.317 e. The smallest absolute Gasteiger partial charge is 0.317 e. The van der Waals surface area contributed by atoms with E-state index in [1.165, 1.54) is 0 Å². The zero-order valence-electron chi connectivity index (χ0n) is 26.9. The highest BCUT2D eigenvalue weighted by atomic mass is 16.4. The predicted molar refractivity (Wildman–Crippen MR) is 164 cm³/mol. The summed E-state index contributed by atoms with van der Waals surface area (Å²) >= 11 is 0. The minimum atomic E-state index is -1.30. The molecule has 0 heterocycles. The van der Waals surface area contributed by atoms with Gasteiger partial charge in [0.05, 0.1) is 58.9 Å². The van der Waals surface area contributed by atoms with Crippen molar-refractivity contribution in [1.82, 2.24) is 35.6 Å². The molecule has 22 nitrogen and oxygen atoms in total. The highest BCUT2D eigenvalue weighted by Gasteiger charge is 2.19. The van der Waals surface area contributed by atoms with Gasteiger partial charge in [-0.2, -0.15) is 0 Å². The SMILES string of the molecule is O=C(O)CN(CC(=O)O)CC(=O)NCCCN(CCCNC(=O)CN(CC(=O)O)CC(=O)O)CCCNC(=O)CN(CC(=O)O)CC(=O)O. The van der Waals surface area contributed by atoms with E-state index in [2.05, 4.69) is 16.0 Å². The fraction of sp³-hybridized carbons (Fsp3) is 0.667. The molecule has 0 aliphatic heterocycles. The van der Waals surface area contributed by atoms with Gasteiger partial charge in [-0.15, -0.1) is 0 Å². The largest absolute Gasteiger partial charge is 0.480 e. The van der Waals surface area contributed by atoms with Gasteiger partial charge < -0.3 is 51.5 Å². The summed E-state index contributed by atoms with van der Waals surface area (Å²) in [5.74, 6) is -9.54. The molecule has 278 valence electrons. The van der Waals surface area contributed by atoms with Crippen LogP contribution >= 0.6 is 0 Å². The fourth-order valence-corrected chi connectivity index (χ4v) is 4.35. The summed E-state index contributed by atoms with van der Waals surface area (Å²) in [5, 5.41) is 61.3. The lowest BCUT2D eigenvalue weighted by Gasteiger charge is -2.23. The molecule has 0 aromatic carbocycles. The number of rotatable bonds is 30. The normalized spacial score (nSPS) is 11.0. The number of carbonyl (C=O) groups is 9. The summed E-state index contributed by atoms with van der Waals surface area (Å²) in [6, 6.07) is 0. The zero-order valence-corrected chi connectivity index (χ0v) is 26.9. The molecule has 0 rings (SSSR count). The molecule has 0 unspecified atom stereocenters. The van der Waals surface area contributed by atoms with Crippen LogP contribution in [0, 0.1) is 0 Å². The van der Waals surface area contributed by atoms with Gasteiger partial charge in [0, 0.05) is 19.6 Å². The molecule has 49 heavy (non-hydrogen) atoms.